The lowest BCUT2D eigenvalue weighted by Gasteiger charge is -2.39. The molecule has 8 heteroatoms. The van der Waals surface area contributed by atoms with Crippen LogP contribution in [0.4, 0.5) is 5.69 Å². The maximum Gasteiger partial charge on any atom is 0.227 e. The molecule has 1 aromatic carbocycles. The van der Waals surface area contributed by atoms with Crippen LogP contribution in [0.2, 0.25) is 0 Å². The molecule has 2 aliphatic rings. The van der Waals surface area contributed by atoms with Crippen LogP contribution in [0, 0.1) is 5.92 Å². The van der Waals surface area contributed by atoms with Gasteiger partial charge >= 0.3 is 0 Å². The van der Waals surface area contributed by atoms with Gasteiger partial charge in [0.25, 0.3) is 0 Å². The van der Waals surface area contributed by atoms with E-state index in [2.05, 4.69) is 4.90 Å². The first-order chi connectivity index (χ1) is 12.4. The van der Waals surface area contributed by atoms with Gasteiger partial charge in [-0.25, -0.2) is 12.7 Å². The molecule has 26 heavy (non-hydrogen) atoms. The minimum Gasteiger partial charge on any atom is -0.497 e. The van der Waals surface area contributed by atoms with Crippen molar-refractivity contribution >= 4 is 21.6 Å². The first-order valence-corrected chi connectivity index (χ1v) is 10.9. The fourth-order valence-corrected chi connectivity index (χ4v) is 4.59. The third-order valence-corrected chi connectivity index (χ3v) is 6.50. The summed E-state index contributed by atoms with van der Waals surface area (Å²) >= 11 is 0. The van der Waals surface area contributed by atoms with Crippen LogP contribution in [0.5, 0.6) is 5.75 Å². The van der Waals surface area contributed by atoms with Gasteiger partial charge < -0.3 is 14.5 Å². The Labute approximate surface area is 155 Å². The van der Waals surface area contributed by atoms with Gasteiger partial charge in [-0.15, -0.1) is 0 Å². The van der Waals surface area contributed by atoms with E-state index in [0.29, 0.717) is 26.2 Å². The molecule has 0 radical (unpaired) electrons. The van der Waals surface area contributed by atoms with Gasteiger partial charge in [-0.1, -0.05) is 0 Å². The van der Waals surface area contributed by atoms with Crippen LogP contribution >= 0.6 is 0 Å². The van der Waals surface area contributed by atoms with Gasteiger partial charge in [-0.2, -0.15) is 0 Å². The van der Waals surface area contributed by atoms with Gasteiger partial charge in [0.05, 0.1) is 19.3 Å². The summed E-state index contributed by atoms with van der Waals surface area (Å²) in [6.45, 7) is 3.73. The molecule has 144 valence electrons. The van der Waals surface area contributed by atoms with Crippen LogP contribution in [-0.2, 0) is 14.8 Å². The average molecular weight is 381 g/mol. The Kier molecular flexibility index (Phi) is 5.72. The predicted octanol–water partition coefficient (Wildman–Crippen LogP) is 1.02. The van der Waals surface area contributed by atoms with Gasteiger partial charge in [0.1, 0.15) is 5.75 Å². The smallest absolute Gasteiger partial charge is 0.227 e. The summed E-state index contributed by atoms with van der Waals surface area (Å²) in [5, 5.41) is 0. The zero-order valence-corrected chi connectivity index (χ0v) is 16.2. The van der Waals surface area contributed by atoms with Crippen molar-refractivity contribution in [1.29, 1.82) is 0 Å². The fourth-order valence-electron chi connectivity index (χ4n) is 3.68. The van der Waals surface area contributed by atoms with Crippen LogP contribution in [0.25, 0.3) is 0 Å². The molecule has 0 aromatic heterocycles. The number of piperidine rings is 1. The predicted molar refractivity (Wildman–Crippen MR) is 101 cm³/mol. The number of ether oxygens (including phenoxy) is 1. The summed E-state index contributed by atoms with van der Waals surface area (Å²) in [5.41, 5.74) is 1.12. The van der Waals surface area contributed by atoms with Crippen LogP contribution in [0.3, 0.4) is 0 Å². The minimum atomic E-state index is -3.23. The van der Waals surface area contributed by atoms with Crippen LogP contribution in [0.15, 0.2) is 24.3 Å². The second-order valence-corrected chi connectivity index (χ2v) is 8.95. The van der Waals surface area contributed by atoms with Gasteiger partial charge in [-0.05, 0) is 37.1 Å². The topological polar surface area (TPSA) is 70.2 Å². The molecule has 2 aliphatic heterocycles. The number of benzene rings is 1. The molecule has 0 unspecified atom stereocenters. The highest BCUT2D eigenvalue weighted by molar-refractivity contribution is 7.88. The molecule has 7 nitrogen and oxygen atoms in total. The van der Waals surface area contributed by atoms with Gasteiger partial charge in [0, 0.05) is 45.0 Å². The first-order valence-electron chi connectivity index (χ1n) is 9.01. The molecule has 2 heterocycles. The van der Waals surface area contributed by atoms with E-state index in [9.17, 15) is 13.2 Å². The Bertz CT molecular complexity index is 727. The lowest BCUT2D eigenvalue weighted by Crippen LogP contribution is -2.53. The van der Waals surface area contributed by atoms with Crippen molar-refractivity contribution in [2.75, 3.05) is 57.5 Å². The molecular formula is C18H27N3O4S. The Morgan fingerprint density at radius 1 is 1.08 bits per heavy atom. The van der Waals surface area contributed by atoms with Crippen molar-refractivity contribution in [1.82, 2.24) is 9.21 Å². The minimum absolute atomic E-state index is 0.0905. The number of carbonyl (C=O) groups excluding carboxylic acids is 1. The molecule has 3 rings (SSSR count). The number of methoxy groups -OCH3 is 1. The summed E-state index contributed by atoms with van der Waals surface area (Å²) in [7, 11) is -1.58. The molecule has 0 aliphatic carbocycles. The van der Waals surface area contributed by atoms with Crippen LogP contribution in [-0.4, -0.2) is 76.2 Å². The highest BCUT2D eigenvalue weighted by Gasteiger charge is 2.33. The summed E-state index contributed by atoms with van der Waals surface area (Å²) in [5.74, 6) is 0.703. The van der Waals surface area contributed by atoms with Crippen molar-refractivity contribution in [2.45, 2.75) is 12.8 Å². The van der Waals surface area contributed by atoms with Crippen molar-refractivity contribution in [3.8, 4) is 5.75 Å². The van der Waals surface area contributed by atoms with Crippen LogP contribution in [0.1, 0.15) is 12.8 Å². The van der Waals surface area contributed by atoms with E-state index in [1.165, 1.54) is 10.6 Å². The molecule has 0 spiro atoms. The second kappa shape index (κ2) is 7.84. The van der Waals surface area contributed by atoms with E-state index < -0.39 is 10.0 Å². The third-order valence-electron chi connectivity index (χ3n) is 5.23. The number of hydrogen-bond acceptors (Lipinski definition) is 5. The molecular weight excluding hydrogens is 354 g/mol. The van der Waals surface area contributed by atoms with Crippen molar-refractivity contribution in [3.05, 3.63) is 24.3 Å². The number of sulfonamides is 1. The molecule has 1 atom stereocenters. The van der Waals surface area contributed by atoms with E-state index in [-0.39, 0.29) is 11.8 Å². The highest BCUT2D eigenvalue weighted by Crippen LogP contribution is 2.24. The molecule has 0 saturated carbocycles. The first kappa shape index (κ1) is 19.0. The Morgan fingerprint density at radius 3 is 2.31 bits per heavy atom. The second-order valence-electron chi connectivity index (χ2n) is 6.97. The maximum absolute atomic E-state index is 12.8. The van der Waals surface area contributed by atoms with E-state index >= 15 is 0 Å². The summed E-state index contributed by atoms with van der Waals surface area (Å²) in [6, 6.07) is 7.94. The van der Waals surface area contributed by atoms with E-state index in [1.54, 1.807) is 7.11 Å². The average Bonchev–Trinajstić information content (AvgIpc) is 2.67. The number of amides is 1. The molecule has 0 N–H and O–H groups in total. The zero-order chi connectivity index (χ0) is 18.7. The third kappa shape index (κ3) is 4.29. The number of nitrogens with zero attached hydrogens (tertiary/aromatic N) is 3. The summed E-state index contributed by atoms with van der Waals surface area (Å²) in [6.07, 6.45) is 2.73. The van der Waals surface area contributed by atoms with Gasteiger partial charge in [0.15, 0.2) is 0 Å². The number of piperazine rings is 1. The van der Waals surface area contributed by atoms with Crippen molar-refractivity contribution in [2.24, 2.45) is 5.92 Å². The fraction of sp³-hybridized carbons (Fsp3) is 0.611. The zero-order valence-electron chi connectivity index (χ0n) is 15.4. The SMILES string of the molecule is COc1ccc(N2CCN(C(=O)[C@H]3CCCN(S(C)(=O)=O)C3)CC2)cc1. The van der Waals surface area contributed by atoms with Gasteiger partial charge in [0.2, 0.25) is 15.9 Å². The standard InChI is InChI=1S/C18H27N3O4S/c1-25-17-7-5-16(6-8-17)19-10-12-20(13-11-19)18(22)15-4-3-9-21(14-15)26(2,23)24/h5-8,15H,3-4,9-14H2,1-2H3/t15-/m0/s1. The number of rotatable bonds is 4. The lowest BCUT2D eigenvalue weighted by atomic mass is 9.97. The Balaban J connectivity index is 1.56. The maximum atomic E-state index is 12.8. The van der Waals surface area contributed by atoms with E-state index in [4.69, 9.17) is 4.74 Å². The molecule has 1 aromatic rings. The number of anilines is 1. The Hall–Kier alpha value is -1.80. The molecule has 2 saturated heterocycles. The quantitative estimate of drug-likeness (QED) is 0.779. The Morgan fingerprint density at radius 2 is 1.73 bits per heavy atom. The summed E-state index contributed by atoms with van der Waals surface area (Å²) in [4.78, 5) is 17.0. The highest BCUT2D eigenvalue weighted by atomic mass is 32.2. The normalized spacial score (nSPS) is 22.3. The molecule has 0 bridgehead atoms. The monoisotopic (exact) mass is 381 g/mol. The van der Waals surface area contributed by atoms with Gasteiger partial charge in [-0.3, -0.25) is 4.79 Å². The lowest BCUT2D eigenvalue weighted by molar-refractivity contribution is -0.137. The van der Waals surface area contributed by atoms with Crippen molar-refractivity contribution < 1.29 is 17.9 Å². The van der Waals surface area contributed by atoms with Crippen molar-refractivity contribution in [3.63, 3.8) is 0 Å². The molecule has 1 amide bonds. The molecule has 2 fully saturated rings. The number of carbonyl (C=O) groups is 1. The van der Waals surface area contributed by atoms with Crippen LogP contribution < -0.4 is 9.64 Å². The largest absolute Gasteiger partial charge is 0.497 e. The van der Waals surface area contributed by atoms with E-state index in [1.807, 2.05) is 29.2 Å². The van der Waals surface area contributed by atoms with E-state index in [0.717, 1.165) is 37.4 Å². The number of hydrogen-bond donors (Lipinski definition) is 0. The summed E-state index contributed by atoms with van der Waals surface area (Å²) < 4.78 is 30.1.